The van der Waals surface area contributed by atoms with Crippen molar-refractivity contribution in [2.75, 3.05) is 0 Å². The molecular formula is C13H21NS. The van der Waals surface area contributed by atoms with E-state index in [4.69, 9.17) is 5.73 Å². The summed E-state index contributed by atoms with van der Waals surface area (Å²) in [5, 5.41) is 2.15. The van der Waals surface area contributed by atoms with E-state index in [2.05, 4.69) is 31.4 Å². The fourth-order valence-electron chi connectivity index (χ4n) is 2.72. The Labute approximate surface area is 96.7 Å². The summed E-state index contributed by atoms with van der Waals surface area (Å²) in [5.74, 6) is 1.52. The average Bonchev–Trinajstić information content (AvgIpc) is 2.65. The molecule has 1 aromatic heterocycles. The molecule has 0 aromatic carbocycles. The number of hydrogen-bond donors (Lipinski definition) is 1. The minimum atomic E-state index is 0.0529. The molecule has 0 saturated heterocycles. The Balaban J connectivity index is 2.06. The van der Waals surface area contributed by atoms with Gasteiger partial charge in [-0.15, -0.1) is 11.3 Å². The predicted octanol–water partition coefficient (Wildman–Crippen LogP) is 3.44. The van der Waals surface area contributed by atoms with Crippen molar-refractivity contribution in [1.82, 2.24) is 0 Å². The van der Waals surface area contributed by atoms with Crippen molar-refractivity contribution in [2.24, 2.45) is 17.6 Å². The van der Waals surface area contributed by atoms with Gasteiger partial charge in [0.1, 0.15) is 0 Å². The monoisotopic (exact) mass is 223 g/mol. The van der Waals surface area contributed by atoms with E-state index in [-0.39, 0.29) is 5.54 Å². The summed E-state index contributed by atoms with van der Waals surface area (Å²) in [5.41, 5.74) is 6.62. The molecule has 0 bridgehead atoms. The Bertz CT molecular complexity index is 306. The van der Waals surface area contributed by atoms with Crippen molar-refractivity contribution in [3.8, 4) is 0 Å². The second-order valence-corrected chi connectivity index (χ2v) is 6.30. The van der Waals surface area contributed by atoms with Gasteiger partial charge in [-0.3, -0.25) is 0 Å². The van der Waals surface area contributed by atoms with E-state index >= 15 is 0 Å². The lowest BCUT2D eigenvalue weighted by Crippen LogP contribution is -2.51. The molecule has 0 spiro atoms. The van der Waals surface area contributed by atoms with Crippen LogP contribution in [0.3, 0.4) is 0 Å². The molecule has 2 rings (SSSR count). The Morgan fingerprint density at radius 2 is 2.33 bits per heavy atom. The van der Waals surface area contributed by atoms with Gasteiger partial charge in [-0.25, -0.2) is 0 Å². The summed E-state index contributed by atoms with van der Waals surface area (Å²) in [7, 11) is 0. The van der Waals surface area contributed by atoms with Crippen LogP contribution in [0.25, 0.3) is 0 Å². The van der Waals surface area contributed by atoms with E-state index in [1.807, 2.05) is 11.3 Å². The zero-order valence-electron chi connectivity index (χ0n) is 9.70. The highest BCUT2D eigenvalue weighted by Gasteiger charge is 2.36. The first-order chi connectivity index (χ1) is 7.10. The molecule has 1 saturated carbocycles. The second-order valence-electron chi connectivity index (χ2n) is 5.27. The zero-order chi connectivity index (χ0) is 10.9. The largest absolute Gasteiger partial charge is 0.325 e. The average molecular weight is 223 g/mol. The van der Waals surface area contributed by atoms with Crippen LogP contribution >= 0.6 is 11.3 Å². The summed E-state index contributed by atoms with van der Waals surface area (Å²) in [6, 6.07) is 4.34. The Morgan fingerprint density at radius 3 is 2.93 bits per heavy atom. The normalized spacial score (nSPS) is 36.7. The van der Waals surface area contributed by atoms with Crippen molar-refractivity contribution < 1.29 is 0 Å². The number of thiophene rings is 1. The minimum Gasteiger partial charge on any atom is -0.325 e. The maximum absolute atomic E-state index is 6.56. The van der Waals surface area contributed by atoms with Gasteiger partial charge < -0.3 is 5.73 Å². The van der Waals surface area contributed by atoms with Gasteiger partial charge in [-0.1, -0.05) is 19.9 Å². The molecule has 0 aliphatic heterocycles. The molecule has 3 atom stereocenters. The fourth-order valence-corrected chi connectivity index (χ4v) is 3.56. The maximum Gasteiger partial charge on any atom is 0.0229 e. The van der Waals surface area contributed by atoms with Gasteiger partial charge in [-0.2, -0.15) is 0 Å². The number of hydrogen-bond acceptors (Lipinski definition) is 2. The van der Waals surface area contributed by atoms with Crippen molar-refractivity contribution in [3.63, 3.8) is 0 Å². The van der Waals surface area contributed by atoms with Crippen molar-refractivity contribution in [1.29, 1.82) is 0 Å². The number of rotatable bonds is 2. The standard InChI is InChI=1S/C13H21NS/c1-10-5-6-13(14,11(2)8-10)9-12-4-3-7-15-12/h3-4,7,10-11H,5-6,8-9,14H2,1-2H3. The van der Waals surface area contributed by atoms with E-state index in [1.54, 1.807) is 0 Å². The molecule has 3 unspecified atom stereocenters. The first kappa shape index (κ1) is 11.2. The topological polar surface area (TPSA) is 26.0 Å². The van der Waals surface area contributed by atoms with Crippen molar-refractivity contribution in [3.05, 3.63) is 22.4 Å². The molecule has 2 N–H and O–H groups in total. The van der Waals surface area contributed by atoms with E-state index < -0.39 is 0 Å². The summed E-state index contributed by atoms with van der Waals surface area (Å²) in [6.07, 6.45) is 4.85. The van der Waals surface area contributed by atoms with Crippen LogP contribution in [-0.4, -0.2) is 5.54 Å². The van der Waals surface area contributed by atoms with Crippen LogP contribution in [0, 0.1) is 11.8 Å². The lowest BCUT2D eigenvalue weighted by atomic mass is 9.69. The lowest BCUT2D eigenvalue weighted by molar-refractivity contribution is 0.164. The van der Waals surface area contributed by atoms with Crippen molar-refractivity contribution >= 4 is 11.3 Å². The molecule has 84 valence electrons. The molecule has 1 heterocycles. The van der Waals surface area contributed by atoms with Crippen LogP contribution in [0.15, 0.2) is 17.5 Å². The third-order valence-corrected chi connectivity index (χ3v) is 4.80. The Morgan fingerprint density at radius 1 is 1.53 bits per heavy atom. The van der Waals surface area contributed by atoms with Crippen LogP contribution in [-0.2, 0) is 6.42 Å². The van der Waals surface area contributed by atoms with Gasteiger partial charge in [0.25, 0.3) is 0 Å². The van der Waals surface area contributed by atoms with Crippen LogP contribution in [0.1, 0.15) is 38.0 Å². The van der Waals surface area contributed by atoms with Crippen LogP contribution in [0.4, 0.5) is 0 Å². The van der Waals surface area contributed by atoms with E-state index in [0.717, 1.165) is 12.3 Å². The van der Waals surface area contributed by atoms with Crippen LogP contribution in [0.5, 0.6) is 0 Å². The van der Waals surface area contributed by atoms with Gasteiger partial charge in [0.05, 0.1) is 0 Å². The third kappa shape index (κ3) is 2.43. The Kier molecular flexibility index (Phi) is 3.17. The first-order valence-corrected chi connectivity index (χ1v) is 6.79. The fraction of sp³-hybridized carbons (Fsp3) is 0.692. The van der Waals surface area contributed by atoms with Crippen molar-refractivity contribution in [2.45, 2.75) is 45.1 Å². The SMILES string of the molecule is CC1CCC(N)(Cc2cccs2)C(C)C1. The lowest BCUT2D eigenvalue weighted by Gasteiger charge is -2.42. The smallest absolute Gasteiger partial charge is 0.0229 e. The van der Waals surface area contributed by atoms with E-state index in [0.29, 0.717) is 5.92 Å². The molecule has 1 nitrogen and oxygen atoms in total. The molecule has 1 aliphatic rings. The highest BCUT2D eigenvalue weighted by Crippen LogP contribution is 2.37. The minimum absolute atomic E-state index is 0.0529. The Hall–Kier alpha value is -0.340. The third-order valence-electron chi connectivity index (χ3n) is 3.92. The van der Waals surface area contributed by atoms with Gasteiger partial charge in [0.2, 0.25) is 0 Å². The molecule has 2 heteroatoms. The van der Waals surface area contributed by atoms with E-state index in [1.165, 1.54) is 24.1 Å². The number of nitrogens with two attached hydrogens (primary N) is 1. The summed E-state index contributed by atoms with van der Waals surface area (Å²) in [4.78, 5) is 1.44. The van der Waals surface area contributed by atoms with Gasteiger partial charge in [-0.05, 0) is 49.0 Å². The molecule has 1 fully saturated rings. The van der Waals surface area contributed by atoms with Gasteiger partial charge in [0, 0.05) is 10.4 Å². The first-order valence-electron chi connectivity index (χ1n) is 5.91. The molecule has 1 aliphatic carbocycles. The summed E-state index contributed by atoms with van der Waals surface area (Å²) < 4.78 is 0. The van der Waals surface area contributed by atoms with E-state index in [9.17, 15) is 0 Å². The van der Waals surface area contributed by atoms with Gasteiger partial charge >= 0.3 is 0 Å². The molecule has 15 heavy (non-hydrogen) atoms. The highest BCUT2D eigenvalue weighted by molar-refractivity contribution is 7.09. The highest BCUT2D eigenvalue weighted by atomic mass is 32.1. The predicted molar refractivity (Wildman–Crippen MR) is 67.1 cm³/mol. The molecule has 1 aromatic rings. The van der Waals surface area contributed by atoms with Crippen LogP contribution < -0.4 is 5.73 Å². The molecular weight excluding hydrogens is 202 g/mol. The maximum atomic E-state index is 6.56. The second kappa shape index (κ2) is 4.26. The molecule has 0 amide bonds. The summed E-state index contributed by atoms with van der Waals surface area (Å²) in [6.45, 7) is 4.67. The summed E-state index contributed by atoms with van der Waals surface area (Å²) >= 11 is 1.84. The van der Waals surface area contributed by atoms with Crippen LogP contribution in [0.2, 0.25) is 0 Å². The zero-order valence-corrected chi connectivity index (χ0v) is 10.5. The van der Waals surface area contributed by atoms with Gasteiger partial charge in [0.15, 0.2) is 0 Å². The molecule has 0 radical (unpaired) electrons. The quantitative estimate of drug-likeness (QED) is 0.816.